The second-order valence-electron chi connectivity index (χ2n) is 5.24. The van der Waals surface area contributed by atoms with E-state index in [-0.39, 0.29) is 0 Å². The van der Waals surface area contributed by atoms with Gasteiger partial charge >= 0.3 is 0 Å². The van der Waals surface area contributed by atoms with Crippen molar-refractivity contribution in [2.75, 3.05) is 19.8 Å². The van der Waals surface area contributed by atoms with Gasteiger partial charge in [-0.15, -0.1) is 0 Å². The Morgan fingerprint density at radius 1 is 1.18 bits per heavy atom. The molecule has 0 aliphatic carbocycles. The number of hydrogen-bond donors (Lipinski definition) is 0. The van der Waals surface area contributed by atoms with E-state index in [0.29, 0.717) is 13.2 Å². The Morgan fingerprint density at radius 3 is 2.50 bits per heavy atom. The molecule has 0 unspecified atom stereocenters. The molecule has 0 amide bonds. The summed E-state index contributed by atoms with van der Waals surface area (Å²) in [4.78, 5) is 0. The monoisotopic (exact) mass is 322 g/mol. The van der Waals surface area contributed by atoms with Crippen molar-refractivity contribution in [2.24, 2.45) is 0 Å². The Labute approximate surface area is 137 Å². The van der Waals surface area contributed by atoms with Gasteiger partial charge in [0.05, 0.1) is 0 Å². The van der Waals surface area contributed by atoms with Crippen LogP contribution >= 0.6 is 0 Å². The Hall–Kier alpha value is -0.943. The van der Waals surface area contributed by atoms with Gasteiger partial charge in [-0.25, -0.2) is 0 Å². The third kappa shape index (κ3) is 6.44. The minimum absolute atomic E-state index is 0.452. The third-order valence-electron chi connectivity index (χ3n) is 3.62. The summed E-state index contributed by atoms with van der Waals surface area (Å²) < 4.78 is 17.6. The third-order valence-corrected chi connectivity index (χ3v) is 5.46. The van der Waals surface area contributed by atoms with Gasteiger partial charge < -0.3 is 13.9 Å². The maximum absolute atomic E-state index is 5.94. The number of aryl methyl sites for hydroxylation is 1. The number of benzene rings is 1. The Morgan fingerprint density at radius 2 is 1.91 bits per heavy atom. The fourth-order valence-corrected chi connectivity index (χ4v) is 3.88. The molecule has 0 saturated heterocycles. The standard InChI is InChI=1S/C18H30O3Si/c1-5-16-11-9-12-17(15-16)13-10-14-21-22-18(6-2,19-7-3)20-8-4/h5,9,11-12,15H,1,6-8,10,13-14,22H2,2-4H3. The summed E-state index contributed by atoms with van der Waals surface area (Å²) in [6, 6.07) is 8.48. The van der Waals surface area contributed by atoms with E-state index in [1.807, 2.05) is 19.9 Å². The predicted octanol–water partition coefficient (Wildman–Crippen LogP) is 3.50. The zero-order chi connectivity index (χ0) is 16.3. The molecule has 4 heteroatoms. The van der Waals surface area contributed by atoms with Crippen LogP contribution < -0.4 is 0 Å². The maximum Gasteiger partial charge on any atom is 0.227 e. The zero-order valence-electron chi connectivity index (χ0n) is 14.3. The maximum atomic E-state index is 5.94. The first-order chi connectivity index (χ1) is 10.7. The topological polar surface area (TPSA) is 27.7 Å². The first kappa shape index (κ1) is 19.1. The summed E-state index contributed by atoms with van der Waals surface area (Å²) in [5.74, 6) is 0. The lowest BCUT2D eigenvalue weighted by Crippen LogP contribution is -2.43. The minimum Gasteiger partial charge on any atom is -0.418 e. The Balaban J connectivity index is 2.34. The van der Waals surface area contributed by atoms with Crippen LogP contribution in [0.3, 0.4) is 0 Å². The van der Waals surface area contributed by atoms with Crippen molar-refractivity contribution in [1.29, 1.82) is 0 Å². The number of ether oxygens (including phenoxy) is 2. The van der Waals surface area contributed by atoms with E-state index in [9.17, 15) is 0 Å². The molecule has 0 fully saturated rings. The minimum atomic E-state index is -0.877. The fraction of sp³-hybridized carbons (Fsp3) is 0.556. The van der Waals surface area contributed by atoms with Gasteiger partial charge in [-0.05, 0) is 44.2 Å². The van der Waals surface area contributed by atoms with Crippen LogP contribution in [0.1, 0.15) is 44.7 Å². The zero-order valence-corrected chi connectivity index (χ0v) is 15.7. The van der Waals surface area contributed by atoms with Crippen LogP contribution in [0.5, 0.6) is 0 Å². The van der Waals surface area contributed by atoms with Gasteiger partial charge in [-0.3, -0.25) is 0 Å². The van der Waals surface area contributed by atoms with Gasteiger partial charge in [0.15, 0.2) is 5.41 Å². The van der Waals surface area contributed by atoms with E-state index in [0.717, 1.165) is 25.9 Å². The molecule has 0 aliphatic heterocycles. The van der Waals surface area contributed by atoms with Crippen LogP contribution in [-0.4, -0.2) is 35.0 Å². The smallest absolute Gasteiger partial charge is 0.227 e. The van der Waals surface area contributed by atoms with Crippen molar-refractivity contribution in [3.8, 4) is 0 Å². The lowest BCUT2D eigenvalue weighted by Gasteiger charge is -2.31. The van der Waals surface area contributed by atoms with Crippen molar-refractivity contribution >= 4 is 15.8 Å². The predicted molar refractivity (Wildman–Crippen MR) is 95.6 cm³/mol. The molecule has 3 nitrogen and oxygen atoms in total. The van der Waals surface area contributed by atoms with Gasteiger partial charge in [0, 0.05) is 19.8 Å². The molecule has 0 N–H and O–H groups in total. The summed E-state index contributed by atoms with van der Waals surface area (Å²) in [5, 5.41) is 0. The molecule has 22 heavy (non-hydrogen) atoms. The average molecular weight is 323 g/mol. The van der Waals surface area contributed by atoms with E-state index in [4.69, 9.17) is 13.9 Å². The fourth-order valence-electron chi connectivity index (χ4n) is 2.44. The van der Waals surface area contributed by atoms with E-state index >= 15 is 0 Å². The molecule has 0 bridgehead atoms. The molecule has 0 spiro atoms. The molecule has 0 aliphatic rings. The van der Waals surface area contributed by atoms with Gasteiger partial charge in [-0.1, -0.05) is 43.8 Å². The van der Waals surface area contributed by atoms with Crippen molar-refractivity contribution in [3.05, 3.63) is 42.0 Å². The van der Waals surface area contributed by atoms with Gasteiger partial charge in [-0.2, -0.15) is 0 Å². The summed E-state index contributed by atoms with van der Waals surface area (Å²) in [6.45, 7) is 12.0. The van der Waals surface area contributed by atoms with E-state index in [1.165, 1.54) is 11.1 Å². The van der Waals surface area contributed by atoms with Gasteiger partial charge in [0.25, 0.3) is 0 Å². The van der Waals surface area contributed by atoms with Crippen molar-refractivity contribution in [1.82, 2.24) is 0 Å². The Kier molecular flexibility index (Phi) is 9.32. The lowest BCUT2D eigenvalue weighted by atomic mass is 10.1. The van der Waals surface area contributed by atoms with Crippen LogP contribution in [0.15, 0.2) is 30.8 Å². The average Bonchev–Trinajstić information content (AvgIpc) is 2.55. The van der Waals surface area contributed by atoms with Gasteiger partial charge in [0.1, 0.15) is 0 Å². The first-order valence-electron chi connectivity index (χ1n) is 8.26. The molecular formula is C18H30O3Si. The van der Waals surface area contributed by atoms with Crippen molar-refractivity contribution in [2.45, 2.75) is 45.4 Å². The van der Waals surface area contributed by atoms with E-state index in [2.05, 4.69) is 37.8 Å². The molecule has 1 rings (SSSR count). The second kappa shape index (κ2) is 10.7. The highest BCUT2D eigenvalue weighted by molar-refractivity contribution is 6.31. The van der Waals surface area contributed by atoms with Gasteiger partial charge in [0.2, 0.25) is 9.76 Å². The van der Waals surface area contributed by atoms with E-state index in [1.54, 1.807) is 0 Å². The highest BCUT2D eigenvalue weighted by Crippen LogP contribution is 2.17. The first-order valence-corrected chi connectivity index (χ1v) is 9.55. The molecule has 1 aromatic rings. The highest BCUT2D eigenvalue weighted by Gasteiger charge is 2.30. The van der Waals surface area contributed by atoms with Crippen LogP contribution in [0.2, 0.25) is 0 Å². The molecule has 1 aromatic carbocycles. The summed E-state index contributed by atoms with van der Waals surface area (Å²) >= 11 is 0. The molecule has 0 radical (unpaired) electrons. The molecule has 124 valence electrons. The highest BCUT2D eigenvalue weighted by atomic mass is 28.2. The van der Waals surface area contributed by atoms with Crippen molar-refractivity contribution < 1.29 is 13.9 Å². The van der Waals surface area contributed by atoms with Crippen LogP contribution in [-0.2, 0) is 20.3 Å². The van der Waals surface area contributed by atoms with Crippen molar-refractivity contribution in [3.63, 3.8) is 0 Å². The summed E-state index contributed by atoms with van der Waals surface area (Å²) in [7, 11) is -0.877. The van der Waals surface area contributed by atoms with E-state index < -0.39 is 15.2 Å². The quantitative estimate of drug-likeness (QED) is 0.335. The second-order valence-corrected chi connectivity index (χ2v) is 7.01. The van der Waals surface area contributed by atoms with Crippen LogP contribution in [0, 0.1) is 0 Å². The molecule has 0 saturated carbocycles. The molecule has 0 heterocycles. The summed E-state index contributed by atoms with van der Waals surface area (Å²) in [5.41, 5.74) is 2.05. The summed E-state index contributed by atoms with van der Waals surface area (Å²) in [6.07, 6.45) is 4.78. The number of hydrogen-bond acceptors (Lipinski definition) is 3. The Bertz CT molecular complexity index is 428. The molecular weight excluding hydrogens is 292 g/mol. The molecule has 0 atom stereocenters. The normalized spacial score (nSPS) is 12.1. The number of rotatable bonds is 12. The largest absolute Gasteiger partial charge is 0.418 e. The SMILES string of the molecule is C=Cc1cccc(CCCO[SiH2]C(CC)(OCC)OCC)c1. The molecule has 0 aromatic heterocycles. The lowest BCUT2D eigenvalue weighted by molar-refractivity contribution is -0.183. The van der Waals surface area contributed by atoms with Crippen LogP contribution in [0.25, 0.3) is 6.08 Å². The van der Waals surface area contributed by atoms with Crippen LogP contribution in [0.4, 0.5) is 0 Å².